The zero-order chi connectivity index (χ0) is 13.6. The van der Waals surface area contributed by atoms with Crippen LogP contribution >= 0.6 is 23.2 Å². The van der Waals surface area contributed by atoms with E-state index in [0.29, 0.717) is 21.1 Å². The second-order valence-corrected chi connectivity index (χ2v) is 4.71. The van der Waals surface area contributed by atoms with Gasteiger partial charge in [-0.25, -0.2) is 14.1 Å². The lowest BCUT2D eigenvalue weighted by atomic mass is 10.3. The number of nitrogens with zero attached hydrogens (tertiary/aromatic N) is 3. The van der Waals surface area contributed by atoms with Crippen LogP contribution in [0.2, 0.25) is 10.0 Å². The molecule has 3 aromatic rings. The Bertz CT molecular complexity index is 725. The summed E-state index contributed by atoms with van der Waals surface area (Å²) in [5, 5.41) is 5.35. The van der Waals surface area contributed by atoms with Gasteiger partial charge >= 0.3 is 0 Å². The van der Waals surface area contributed by atoms with E-state index >= 15 is 0 Å². The summed E-state index contributed by atoms with van der Waals surface area (Å²) in [6.45, 7) is 0. The molecule has 0 atom stereocenters. The number of nitrogens with two attached hydrogens (primary N) is 1. The lowest BCUT2D eigenvalue weighted by Crippen LogP contribution is -1.96. The van der Waals surface area contributed by atoms with Crippen molar-refractivity contribution in [3.8, 4) is 5.69 Å². The average Bonchev–Trinajstić information content (AvgIpc) is 2.80. The van der Waals surface area contributed by atoms with Gasteiger partial charge in [-0.1, -0.05) is 29.3 Å². The molecule has 19 heavy (non-hydrogen) atoms. The average molecular weight is 297 g/mol. The van der Waals surface area contributed by atoms with Crippen molar-refractivity contribution in [3.63, 3.8) is 0 Å². The summed E-state index contributed by atoms with van der Waals surface area (Å²) in [6, 6.07) is 5.06. The van der Waals surface area contributed by atoms with Crippen molar-refractivity contribution in [1.29, 1.82) is 0 Å². The van der Waals surface area contributed by atoms with Crippen molar-refractivity contribution in [2.45, 2.75) is 0 Å². The summed E-state index contributed by atoms with van der Waals surface area (Å²) in [5.74, 6) is -0.350. The molecule has 96 valence electrons. The third-order valence-electron chi connectivity index (χ3n) is 2.70. The number of fused-ring (bicyclic) bond motifs is 1. The number of rotatable bonds is 1. The van der Waals surface area contributed by atoms with Crippen molar-refractivity contribution in [2.75, 3.05) is 5.73 Å². The summed E-state index contributed by atoms with van der Waals surface area (Å²) in [5.41, 5.74) is 6.30. The maximum atomic E-state index is 13.6. The van der Waals surface area contributed by atoms with Crippen LogP contribution < -0.4 is 5.73 Å². The predicted molar refractivity (Wildman–Crippen MR) is 73.3 cm³/mol. The Morgan fingerprint density at radius 1 is 1.21 bits per heavy atom. The molecule has 3 rings (SSSR count). The Balaban J connectivity index is 2.33. The Hall–Kier alpha value is -1.85. The number of halogens is 3. The first-order valence-electron chi connectivity index (χ1n) is 5.31. The van der Waals surface area contributed by atoms with Gasteiger partial charge in [-0.3, -0.25) is 0 Å². The molecule has 4 nitrogen and oxygen atoms in total. The van der Waals surface area contributed by atoms with Gasteiger partial charge in [0.05, 0.1) is 21.6 Å². The van der Waals surface area contributed by atoms with Gasteiger partial charge in [-0.05, 0) is 12.1 Å². The Morgan fingerprint density at radius 3 is 2.53 bits per heavy atom. The molecule has 0 unspecified atom stereocenters. The minimum atomic E-state index is -0.550. The molecule has 0 aliphatic heterocycles. The Kier molecular flexibility index (Phi) is 2.80. The first kappa shape index (κ1) is 12.2. The van der Waals surface area contributed by atoms with E-state index < -0.39 is 5.82 Å². The van der Waals surface area contributed by atoms with Gasteiger partial charge in [0.15, 0.2) is 5.82 Å². The lowest BCUT2D eigenvalue weighted by molar-refractivity contribution is 0.629. The number of aromatic nitrogens is 3. The van der Waals surface area contributed by atoms with Crippen LogP contribution in [0.15, 0.2) is 30.6 Å². The molecule has 1 aromatic carbocycles. The topological polar surface area (TPSA) is 56.7 Å². The third-order valence-corrected chi connectivity index (χ3v) is 3.31. The van der Waals surface area contributed by atoms with E-state index in [-0.39, 0.29) is 11.3 Å². The molecular formula is C12H7Cl2FN4. The molecule has 2 heterocycles. The highest BCUT2D eigenvalue weighted by Crippen LogP contribution is 2.30. The normalized spacial score (nSPS) is 11.1. The molecule has 0 radical (unpaired) electrons. The SMILES string of the molecule is Nc1ncc(F)c2nn(-c3c(Cl)cccc3Cl)cc12. The van der Waals surface area contributed by atoms with Gasteiger partial charge in [0.2, 0.25) is 0 Å². The fourth-order valence-corrected chi connectivity index (χ4v) is 2.39. The Morgan fingerprint density at radius 2 is 1.89 bits per heavy atom. The number of nitrogen functional groups attached to an aromatic ring is 1. The quantitative estimate of drug-likeness (QED) is 0.748. The molecular weight excluding hydrogens is 290 g/mol. The summed E-state index contributed by atoms with van der Waals surface area (Å²) in [7, 11) is 0. The van der Waals surface area contributed by atoms with Crippen molar-refractivity contribution in [3.05, 3.63) is 46.5 Å². The van der Waals surface area contributed by atoms with Crippen LogP contribution in [-0.4, -0.2) is 14.8 Å². The number of anilines is 1. The number of para-hydroxylation sites is 1. The van der Waals surface area contributed by atoms with Gasteiger partial charge in [0.25, 0.3) is 0 Å². The molecule has 0 saturated heterocycles. The molecule has 0 fully saturated rings. The van der Waals surface area contributed by atoms with Crippen LogP contribution in [0.5, 0.6) is 0 Å². The molecule has 0 aliphatic rings. The molecule has 0 aliphatic carbocycles. The zero-order valence-corrected chi connectivity index (χ0v) is 11.0. The van der Waals surface area contributed by atoms with Crippen LogP contribution in [0.3, 0.4) is 0 Å². The predicted octanol–water partition coefficient (Wildman–Crippen LogP) is 3.45. The van der Waals surface area contributed by atoms with Gasteiger partial charge in [-0.2, -0.15) is 5.10 Å². The van der Waals surface area contributed by atoms with Crippen molar-refractivity contribution in [2.24, 2.45) is 0 Å². The number of pyridine rings is 1. The number of benzene rings is 1. The lowest BCUT2D eigenvalue weighted by Gasteiger charge is -2.05. The number of hydrogen-bond donors (Lipinski definition) is 1. The van der Waals surface area contributed by atoms with E-state index in [1.54, 1.807) is 24.4 Å². The summed E-state index contributed by atoms with van der Waals surface area (Å²) < 4.78 is 15.0. The van der Waals surface area contributed by atoms with E-state index in [0.717, 1.165) is 6.20 Å². The fraction of sp³-hybridized carbons (Fsp3) is 0. The summed E-state index contributed by atoms with van der Waals surface area (Å²) in [4.78, 5) is 3.74. The largest absolute Gasteiger partial charge is 0.383 e. The molecule has 7 heteroatoms. The van der Waals surface area contributed by atoms with Gasteiger partial charge in [0, 0.05) is 6.20 Å². The number of hydrogen-bond acceptors (Lipinski definition) is 3. The van der Waals surface area contributed by atoms with E-state index in [1.807, 2.05) is 0 Å². The van der Waals surface area contributed by atoms with Crippen LogP contribution in [0, 0.1) is 5.82 Å². The second kappa shape index (κ2) is 4.36. The second-order valence-electron chi connectivity index (χ2n) is 3.90. The summed E-state index contributed by atoms with van der Waals surface area (Å²) in [6.07, 6.45) is 2.58. The van der Waals surface area contributed by atoms with Gasteiger partial charge < -0.3 is 5.73 Å². The van der Waals surface area contributed by atoms with Crippen LogP contribution in [-0.2, 0) is 0 Å². The standard InChI is InChI=1S/C12H7Cl2FN4/c13-7-2-1-3-8(14)11(7)19-5-6-10(18-19)9(15)4-17-12(6)16/h1-5H,(H2,16,17). The monoisotopic (exact) mass is 296 g/mol. The van der Waals surface area contributed by atoms with Crippen molar-refractivity contribution < 1.29 is 4.39 Å². The van der Waals surface area contributed by atoms with E-state index in [9.17, 15) is 4.39 Å². The fourth-order valence-electron chi connectivity index (χ4n) is 1.82. The molecule has 2 N–H and O–H groups in total. The molecule has 2 aromatic heterocycles. The van der Waals surface area contributed by atoms with Crippen molar-refractivity contribution >= 4 is 39.9 Å². The van der Waals surface area contributed by atoms with E-state index in [2.05, 4.69) is 10.1 Å². The smallest absolute Gasteiger partial charge is 0.169 e. The zero-order valence-electron chi connectivity index (χ0n) is 9.44. The highest BCUT2D eigenvalue weighted by atomic mass is 35.5. The highest BCUT2D eigenvalue weighted by Gasteiger charge is 2.14. The first-order valence-corrected chi connectivity index (χ1v) is 6.07. The minimum absolute atomic E-state index is 0.128. The van der Waals surface area contributed by atoms with E-state index in [1.165, 1.54) is 4.68 Å². The third kappa shape index (κ3) is 1.91. The van der Waals surface area contributed by atoms with Crippen LogP contribution in [0.4, 0.5) is 10.2 Å². The molecule has 0 saturated carbocycles. The maximum absolute atomic E-state index is 13.6. The minimum Gasteiger partial charge on any atom is -0.383 e. The first-order chi connectivity index (χ1) is 9.08. The van der Waals surface area contributed by atoms with Crippen molar-refractivity contribution in [1.82, 2.24) is 14.8 Å². The molecule has 0 spiro atoms. The van der Waals surface area contributed by atoms with E-state index in [4.69, 9.17) is 28.9 Å². The maximum Gasteiger partial charge on any atom is 0.169 e. The molecule has 0 bridgehead atoms. The highest BCUT2D eigenvalue weighted by molar-refractivity contribution is 6.37. The van der Waals surface area contributed by atoms with Gasteiger partial charge in [-0.15, -0.1) is 0 Å². The molecule has 0 amide bonds. The van der Waals surface area contributed by atoms with Crippen LogP contribution in [0.1, 0.15) is 0 Å². The summed E-state index contributed by atoms with van der Waals surface area (Å²) >= 11 is 12.2. The van der Waals surface area contributed by atoms with Gasteiger partial charge in [0.1, 0.15) is 17.0 Å². The van der Waals surface area contributed by atoms with Crippen LogP contribution in [0.25, 0.3) is 16.6 Å². The Labute approximate surface area is 117 Å².